The second kappa shape index (κ2) is 16.4. The molecule has 4 aromatic heterocycles. The second-order valence-electron chi connectivity index (χ2n) is 16.8. The van der Waals surface area contributed by atoms with E-state index in [2.05, 4.69) is 45.2 Å². The number of nitrogens with one attached hydrogen (secondary N) is 3. The van der Waals surface area contributed by atoms with Crippen molar-refractivity contribution in [1.82, 2.24) is 43.9 Å². The van der Waals surface area contributed by atoms with Crippen LogP contribution in [0, 0.1) is 5.92 Å². The van der Waals surface area contributed by atoms with Crippen LogP contribution in [-0.4, -0.2) is 127 Å². The summed E-state index contributed by atoms with van der Waals surface area (Å²) in [6, 6.07) is 7.61. The fraction of sp³-hybridized carbons (Fsp3) is 0.512. The Morgan fingerprint density at radius 2 is 1.80 bits per heavy atom. The lowest BCUT2D eigenvalue weighted by atomic mass is 9.85. The molecule has 20 heteroatoms. The largest absolute Gasteiger partial charge is 0.374 e. The van der Waals surface area contributed by atoms with Gasteiger partial charge in [0.05, 0.1) is 65.2 Å². The molecule has 3 N–H and O–H groups in total. The molecule has 2 bridgehead atoms. The first-order valence-corrected chi connectivity index (χ1v) is 21.8. The molecule has 0 radical (unpaired) electrons. The van der Waals surface area contributed by atoms with Crippen molar-refractivity contribution in [2.45, 2.75) is 75.5 Å². The third-order valence-electron chi connectivity index (χ3n) is 12.9. The number of morpholine rings is 1. The number of nitrogens with zero attached hydrogens (tertiary/aromatic N) is 9. The molecule has 4 aliphatic heterocycles. The molecule has 10 rings (SSSR count). The van der Waals surface area contributed by atoms with Gasteiger partial charge in [-0.15, -0.1) is 0 Å². The number of rotatable bonds is 11. The highest BCUT2D eigenvalue weighted by Gasteiger charge is 2.40. The fourth-order valence-corrected chi connectivity index (χ4v) is 10.6. The van der Waals surface area contributed by atoms with E-state index in [1.165, 1.54) is 28.4 Å². The van der Waals surface area contributed by atoms with E-state index < -0.39 is 23.9 Å². The molecule has 61 heavy (non-hydrogen) atoms. The predicted molar refractivity (Wildman–Crippen MR) is 221 cm³/mol. The molecule has 3 atom stereocenters. The second-order valence-corrected chi connectivity index (χ2v) is 17.6. The van der Waals surface area contributed by atoms with Crippen LogP contribution in [-0.2, 0) is 19.1 Å². The Morgan fingerprint density at radius 3 is 2.56 bits per heavy atom. The number of amides is 4. The van der Waals surface area contributed by atoms with Crippen molar-refractivity contribution in [1.29, 1.82) is 0 Å². The number of imide groups is 1. The van der Waals surface area contributed by atoms with Gasteiger partial charge in [0.15, 0.2) is 11.3 Å². The highest BCUT2D eigenvalue weighted by molar-refractivity contribution is 7.14. The summed E-state index contributed by atoms with van der Waals surface area (Å²) < 4.78 is 42.7. The molecule has 1 aromatic carbocycles. The number of carbonyl (C=O) groups excluding carboxylic acids is 4. The van der Waals surface area contributed by atoms with E-state index in [0.717, 1.165) is 87.3 Å². The molecule has 4 amide bonds. The van der Waals surface area contributed by atoms with Gasteiger partial charge >= 0.3 is 0 Å². The predicted octanol–water partition coefficient (Wildman–Crippen LogP) is 4.21. The highest BCUT2D eigenvalue weighted by atomic mass is 32.1. The topological polar surface area (TPSA) is 184 Å². The number of benzene rings is 1. The van der Waals surface area contributed by atoms with Crippen LogP contribution in [0.5, 0.6) is 0 Å². The standard InChI is InChI=1S/C41H46F2N12O5S/c42-38(43)36-31(46-41(59)29-17-44-54-11-10-32(47-39(29)54)53-19-26-16-25(53)22-60-26)20-55(49-36)24-6-4-23(5-7-24)18-51-12-14-52(15-13-51)21-34(57)45-30-3-1-2-27-35(50-61-37(27)30)28-8-9-33(56)48-40(28)58/h1-3,10-11,17,20,23-26,28,38H,4-9,12-16,18-19,21-22H2,(H,45,57)(H,46,59)(H,48,56,58)/t23-,24-,25-,26-,28?/m0/s1. The minimum atomic E-state index is -2.87. The summed E-state index contributed by atoms with van der Waals surface area (Å²) in [5.41, 5.74) is 1.35. The normalized spacial score (nSPS) is 24.9. The van der Waals surface area contributed by atoms with Gasteiger partial charge in [-0.25, -0.2) is 18.3 Å². The maximum atomic E-state index is 14.3. The number of alkyl halides is 2. The number of piperazine rings is 1. The van der Waals surface area contributed by atoms with E-state index in [1.54, 1.807) is 10.9 Å². The minimum absolute atomic E-state index is 0.0160. The third-order valence-corrected chi connectivity index (χ3v) is 13.8. The first-order valence-electron chi connectivity index (χ1n) is 21.0. The Balaban J connectivity index is 0.699. The lowest BCUT2D eigenvalue weighted by Gasteiger charge is -2.38. The molecule has 17 nitrogen and oxygen atoms in total. The SMILES string of the molecule is O=C1CCC(c2nsc3c(NC(=O)CN4CCN(C[C@H]5CC[C@H](n6cc(NC(=O)c7cnn8ccc(N9C[C@@H]%10C[C@H]9CO%10)nc78)c(C(F)F)n6)CC5)CC4)cccc23)C(=O)N1. The summed E-state index contributed by atoms with van der Waals surface area (Å²) in [5, 5.41) is 17.5. The molecular weight excluding hydrogens is 811 g/mol. The average molecular weight is 857 g/mol. The van der Waals surface area contributed by atoms with Gasteiger partial charge in [-0.3, -0.25) is 34.1 Å². The zero-order valence-electron chi connectivity index (χ0n) is 33.3. The highest BCUT2D eigenvalue weighted by Crippen LogP contribution is 2.38. The molecule has 5 fully saturated rings. The Hall–Kier alpha value is -5.44. The summed E-state index contributed by atoms with van der Waals surface area (Å²) in [6.45, 7) is 5.75. The number of piperidine rings is 1. The van der Waals surface area contributed by atoms with Crippen LogP contribution >= 0.6 is 11.5 Å². The monoisotopic (exact) mass is 856 g/mol. The number of hydrogen-bond donors (Lipinski definition) is 3. The van der Waals surface area contributed by atoms with E-state index in [-0.39, 0.29) is 60.1 Å². The quantitative estimate of drug-likeness (QED) is 0.161. The van der Waals surface area contributed by atoms with Gasteiger partial charge in [0.1, 0.15) is 11.4 Å². The summed E-state index contributed by atoms with van der Waals surface area (Å²) in [6.07, 6.45) is 7.04. The summed E-state index contributed by atoms with van der Waals surface area (Å²) in [4.78, 5) is 62.4. The number of carbonyl (C=O) groups is 4. The zero-order chi connectivity index (χ0) is 41.8. The van der Waals surface area contributed by atoms with Crippen molar-refractivity contribution in [2.24, 2.45) is 5.92 Å². The van der Waals surface area contributed by atoms with Gasteiger partial charge < -0.3 is 25.2 Å². The number of ether oxygens (including phenoxy) is 1. The van der Waals surface area contributed by atoms with Gasteiger partial charge in [0.25, 0.3) is 12.3 Å². The number of halogens is 2. The lowest BCUT2D eigenvalue weighted by molar-refractivity contribution is -0.134. The van der Waals surface area contributed by atoms with Crippen LogP contribution in [0.2, 0.25) is 0 Å². The smallest absolute Gasteiger partial charge is 0.284 e. The first-order chi connectivity index (χ1) is 29.6. The maximum Gasteiger partial charge on any atom is 0.284 e. The fourth-order valence-electron chi connectivity index (χ4n) is 9.66. The van der Waals surface area contributed by atoms with Crippen molar-refractivity contribution in [3.05, 3.63) is 59.8 Å². The lowest BCUT2D eigenvalue weighted by Crippen LogP contribution is -2.49. The molecule has 1 aliphatic carbocycles. The molecule has 5 aromatic rings. The van der Waals surface area contributed by atoms with Crippen LogP contribution in [0.15, 0.2) is 42.9 Å². The molecule has 1 unspecified atom stereocenters. The van der Waals surface area contributed by atoms with E-state index in [0.29, 0.717) is 36.0 Å². The van der Waals surface area contributed by atoms with E-state index >= 15 is 0 Å². The molecule has 8 heterocycles. The molecule has 0 spiro atoms. The summed E-state index contributed by atoms with van der Waals surface area (Å²) >= 11 is 1.24. The molecule has 320 valence electrons. The van der Waals surface area contributed by atoms with Crippen molar-refractivity contribution in [3.63, 3.8) is 0 Å². The molecule has 5 aliphatic rings. The first kappa shape index (κ1) is 39.7. The van der Waals surface area contributed by atoms with E-state index in [4.69, 9.17) is 9.72 Å². The summed E-state index contributed by atoms with van der Waals surface area (Å²) in [7, 11) is 0. The maximum absolute atomic E-state index is 14.3. The van der Waals surface area contributed by atoms with Crippen molar-refractivity contribution in [3.8, 4) is 0 Å². The Morgan fingerprint density at radius 1 is 0.984 bits per heavy atom. The van der Waals surface area contributed by atoms with E-state index in [1.807, 2.05) is 24.3 Å². The average Bonchev–Trinajstić information content (AvgIpc) is 4.11. The molecule has 4 saturated heterocycles. The van der Waals surface area contributed by atoms with Crippen molar-refractivity contribution < 1.29 is 32.7 Å². The number of hydrogen-bond acceptors (Lipinski definition) is 13. The zero-order valence-corrected chi connectivity index (χ0v) is 34.2. The van der Waals surface area contributed by atoms with Gasteiger partial charge in [-0.1, -0.05) is 12.1 Å². The van der Waals surface area contributed by atoms with Crippen LogP contribution < -0.4 is 20.9 Å². The Labute approximate surface area is 352 Å². The van der Waals surface area contributed by atoms with Crippen LogP contribution in [0.3, 0.4) is 0 Å². The van der Waals surface area contributed by atoms with Gasteiger partial charge in [-0.2, -0.15) is 14.6 Å². The third kappa shape index (κ3) is 7.97. The van der Waals surface area contributed by atoms with Crippen LogP contribution in [0.1, 0.15) is 85.1 Å². The van der Waals surface area contributed by atoms with E-state index in [9.17, 15) is 28.0 Å². The Kier molecular flexibility index (Phi) is 10.7. The van der Waals surface area contributed by atoms with Crippen molar-refractivity contribution >= 4 is 68.1 Å². The summed E-state index contributed by atoms with van der Waals surface area (Å²) in [5.74, 6) is -0.615. The van der Waals surface area contributed by atoms with Crippen LogP contribution in [0.25, 0.3) is 15.7 Å². The number of fused-ring (bicyclic) bond motifs is 4. The van der Waals surface area contributed by atoms with Gasteiger partial charge in [0.2, 0.25) is 17.7 Å². The minimum Gasteiger partial charge on any atom is -0.374 e. The number of anilines is 3. The molecular formula is C41H46F2N12O5S. The van der Waals surface area contributed by atoms with Gasteiger partial charge in [-0.05, 0) is 68.1 Å². The molecule has 1 saturated carbocycles. The van der Waals surface area contributed by atoms with Crippen LogP contribution in [0.4, 0.5) is 26.0 Å². The number of aromatic nitrogens is 6. The van der Waals surface area contributed by atoms with Gasteiger partial charge in [0, 0.05) is 63.5 Å². The van der Waals surface area contributed by atoms with Crippen molar-refractivity contribution in [2.75, 3.05) is 68.0 Å². The Bertz CT molecular complexity index is 2490.